The lowest BCUT2D eigenvalue weighted by atomic mass is 10.2. The molecule has 1 aliphatic rings. The van der Waals surface area contributed by atoms with E-state index in [4.69, 9.17) is 4.74 Å². The van der Waals surface area contributed by atoms with Gasteiger partial charge in [0.15, 0.2) is 5.16 Å². The van der Waals surface area contributed by atoms with Crippen molar-refractivity contribution in [1.29, 1.82) is 0 Å². The Morgan fingerprint density at radius 2 is 2.21 bits per heavy atom. The third-order valence-corrected chi connectivity index (χ3v) is 4.61. The molecule has 1 aliphatic heterocycles. The molecule has 100 valence electrons. The molecule has 0 aliphatic carbocycles. The summed E-state index contributed by atoms with van der Waals surface area (Å²) in [7, 11) is 2.08. The van der Waals surface area contributed by atoms with Crippen molar-refractivity contribution in [2.75, 3.05) is 12.4 Å². The molecule has 1 saturated heterocycles. The molecule has 3 nitrogen and oxygen atoms in total. The highest BCUT2D eigenvalue weighted by atomic mass is 32.2. The Bertz CT molecular complexity index is 532. The lowest BCUT2D eigenvalue weighted by Gasteiger charge is -2.09. The van der Waals surface area contributed by atoms with Crippen LogP contribution in [0.1, 0.15) is 12.8 Å². The fraction of sp³-hybridized carbons (Fsp3) is 0.400. The van der Waals surface area contributed by atoms with Gasteiger partial charge >= 0.3 is 0 Å². The molecule has 3 rings (SSSR count). The number of hydrogen-bond donors (Lipinski definition) is 0. The Morgan fingerprint density at radius 1 is 1.37 bits per heavy atom. The molecular formula is C15H18N2OS. The van der Waals surface area contributed by atoms with Crippen molar-refractivity contribution < 1.29 is 4.74 Å². The number of hydrogen-bond acceptors (Lipinski definition) is 3. The maximum absolute atomic E-state index is 5.65. The van der Waals surface area contributed by atoms with Crippen molar-refractivity contribution in [3.8, 4) is 11.3 Å². The van der Waals surface area contributed by atoms with E-state index in [1.807, 2.05) is 12.3 Å². The second-order valence-electron chi connectivity index (χ2n) is 4.80. The van der Waals surface area contributed by atoms with E-state index in [-0.39, 0.29) is 0 Å². The number of imidazole rings is 1. The molecule has 0 amide bonds. The minimum absolute atomic E-state index is 0.405. The van der Waals surface area contributed by atoms with Gasteiger partial charge in [0.25, 0.3) is 0 Å². The molecule has 4 heteroatoms. The molecule has 0 bridgehead atoms. The zero-order valence-electron chi connectivity index (χ0n) is 11.1. The van der Waals surface area contributed by atoms with Crippen LogP contribution in [0.15, 0.2) is 41.7 Å². The minimum Gasteiger partial charge on any atom is -0.377 e. The van der Waals surface area contributed by atoms with Gasteiger partial charge in [-0.25, -0.2) is 4.98 Å². The molecule has 1 fully saturated rings. The zero-order valence-corrected chi connectivity index (χ0v) is 11.9. The summed E-state index contributed by atoms with van der Waals surface area (Å²) in [5, 5.41) is 1.06. The first-order valence-electron chi connectivity index (χ1n) is 6.66. The second-order valence-corrected chi connectivity index (χ2v) is 5.78. The van der Waals surface area contributed by atoms with Crippen LogP contribution < -0.4 is 0 Å². The molecule has 1 atom stereocenters. The van der Waals surface area contributed by atoms with Gasteiger partial charge in [-0.2, -0.15) is 0 Å². The SMILES string of the molecule is Cn1c(-c2ccccc2)cnc1SCC1CCCO1. The second kappa shape index (κ2) is 5.80. The average Bonchev–Trinajstić information content (AvgIpc) is 3.07. The Labute approximate surface area is 118 Å². The zero-order chi connectivity index (χ0) is 13.1. The molecule has 1 aromatic heterocycles. The smallest absolute Gasteiger partial charge is 0.168 e. The van der Waals surface area contributed by atoms with Crippen LogP contribution in [0.4, 0.5) is 0 Å². The molecule has 19 heavy (non-hydrogen) atoms. The summed E-state index contributed by atoms with van der Waals surface area (Å²) >= 11 is 1.79. The summed E-state index contributed by atoms with van der Waals surface area (Å²) < 4.78 is 7.81. The first-order valence-corrected chi connectivity index (χ1v) is 7.64. The van der Waals surface area contributed by atoms with E-state index < -0.39 is 0 Å². The fourth-order valence-corrected chi connectivity index (χ4v) is 3.36. The molecule has 1 aromatic carbocycles. The predicted octanol–water partition coefficient (Wildman–Crippen LogP) is 3.36. The van der Waals surface area contributed by atoms with E-state index in [9.17, 15) is 0 Å². The molecule has 0 saturated carbocycles. The molecule has 0 spiro atoms. The lowest BCUT2D eigenvalue weighted by Crippen LogP contribution is -2.08. The highest BCUT2D eigenvalue weighted by molar-refractivity contribution is 7.99. The van der Waals surface area contributed by atoms with Crippen molar-refractivity contribution in [3.63, 3.8) is 0 Å². The van der Waals surface area contributed by atoms with E-state index >= 15 is 0 Å². The van der Waals surface area contributed by atoms with Gasteiger partial charge in [0.05, 0.1) is 18.0 Å². The molecule has 0 N–H and O–H groups in total. The highest BCUT2D eigenvalue weighted by Crippen LogP contribution is 2.27. The Kier molecular flexibility index (Phi) is 3.89. The van der Waals surface area contributed by atoms with Crippen molar-refractivity contribution in [3.05, 3.63) is 36.5 Å². The Balaban J connectivity index is 1.72. The standard InChI is InChI=1S/C15H18N2OS/c1-17-14(12-6-3-2-4-7-12)10-16-15(17)19-11-13-8-5-9-18-13/h2-4,6-7,10,13H,5,8-9,11H2,1H3. The van der Waals surface area contributed by atoms with Crippen LogP contribution in [0.2, 0.25) is 0 Å². The van der Waals surface area contributed by atoms with Crippen molar-refractivity contribution >= 4 is 11.8 Å². The van der Waals surface area contributed by atoms with Crippen molar-refractivity contribution in [2.24, 2.45) is 7.05 Å². The highest BCUT2D eigenvalue weighted by Gasteiger charge is 2.17. The first-order chi connectivity index (χ1) is 9.34. The van der Waals surface area contributed by atoms with Crippen LogP contribution in [0.3, 0.4) is 0 Å². The van der Waals surface area contributed by atoms with Crippen LogP contribution in [0.25, 0.3) is 11.3 Å². The van der Waals surface area contributed by atoms with E-state index in [1.165, 1.54) is 18.4 Å². The minimum atomic E-state index is 0.405. The largest absolute Gasteiger partial charge is 0.377 e. The van der Waals surface area contributed by atoms with Gasteiger partial charge in [0.1, 0.15) is 0 Å². The van der Waals surface area contributed by atoms with E-state index in [0.717, 1.165) is 23.2 Å². The molecular weight excluding hydrogens is 256 g/mol. The summed E-state index contributed by atoms with van der Waals surface area (Å²) in [6, 6.07) is 10.4. The lowest BCUT2D eigenvalue weighted by molar-refractivity contribution is 0.129. The quantitative estimate of drug-likeness (QED) is 0.800. The van der Waals surface area contributed by atoms with Crippen LogP contribution in [-0.2, 0) is 11.8 Å². The molecule has 1 unspecified atom stereocenters. The number of thioether (sulfide) groups is 1. The first kappa shape index (κ1) is 12.8. The van der Waals surface area contributed by atoms with Crippen LogP contribution in [-0.4, -0.2) is 28.0 Å². The fourth-order valence-electron chi connectivity index (χ4n) is 2.35. The number of nitrogens with zero attached hydrogens (tertiary/aromatic N) is 2. The number of rotatable bonds is 4. The monoisotopic (exact) mass is 274 g/mol. The van der Waals surface area contributed by atoms with Crippen LogP contribution >= 0.6 is 11.8 Å². The maximum atomic E-state index is 5.65. The summed E-state index contributed by atoms with van der Waals surface area (Å²) in [5.74, 6) is 0.999. The maximum Gasteiger partial charge on any atom is 0.168 e. The summed E-state index contributed by atoms with van der Waals surface area (Å²) in [6.07, 6.45) is 4.74. The number of ether oxygens (including phenoxy) is 1. The summed E-state index contributed by atoms with van der Waals surface area (Å²) in [4.78, 5) is 4.52. The average molecular weight is 274 g/mol. The van der Waals surface area contributed by atoms with Crippen molar-refractivity contribution in [1.82, 2.24) is 9.55 Å². The van der Waals surface area contributed by atoms with Gasteiger partial charge in [-0.15, -0.1) is 0 Å². The predicted molar refractivity (Wildman–Crippen MR) is 78.3 cm³/mol. The van der Waals surface area contributed by atoms with Gasteiger partial charge in [-0.3, -0.25) is 0 Å². The van der Waals surface area contributed by atoms with Gasteiger partial charge in [0.2, 0.25) is 0 Å². The summed E-state index contributed by atoms with van der Waals surface area (Å²) in [5.41, 5.74) is 2.37. The van der Waals surface area contributed by atoms with Gasteiger partial charge in [-0.05, 0) is 18.4 Å². The molecule has 2 aromatic rings. The topological polar surface area (TPSA) is 27.1 Å². The third-order valence-electron chi connectivity index (χ3n) is 3.44. The van der Waals surface area contributed by atoms with E-state index in [0.29, 0.717) is 6.10 Å². The summed E-state index contributed by atoms with van der Waals surface area (Å²) in [6.45, 7) is 0.918. The van der Waals surface area contributed by atoms with Gasteiger partial charge < -0.3 is 9.30 Å². The van der Waals surface area contributed by atoms with Gasteiger partial charge in [0, 0.05) is 19.4 Å². The third kappa shape index (κ3) is 2.85. The Hall–Kier alpha value is -1.26. The van der Waals surface area contributed by atoms with Gasteiger partial charge in [-0.1, -0.05) is 42.1 Å². The van der Waals surface area contributed by atoms with Crippen molar-refractivity contribution in [2.45, 2.75) is 24.1 Å². The number of aromatic nitrogens is 2. The normalized spacial score (nSPS) is 18.9. The van der Waals surface area contributed by atoms with E-state index in [1.54, 1.807) is 11.8 Å². The Morgan fingerprint density at radius 3 is 2.95 bits per heavy atom. The molecule has 2 heterocycles. The number of benzene rings is 1. The van der Waals surface area contributed by atoms with Crippen LogP contribution in [0, 0.1) is 0 Å². The van der Waals surface area contributed by atoms with E-state index in [2.05, 4.69) is 40.9 Å². The van der Waals surface area contributed by atoms with Crippen LogP contribution in [0.5, 0.6) is 0 Å². The molecule has 0 radical (unpaired) electrons.